The second kappa shape index (κ2) is 7.63. The van der Waals surface area contributed by atoms with E-state index < -0.39 is 10.0 Å². The van der Waals surface area contributed by atoms with Gasteiger partial charge in [-0.15, -0.1) is 0 Å². The number of anilines is 1. The molecule has 1 aliphatic rings. The van der Waals surface area contributed by atoms with Crippen molar-refractivity contribution in [1.29, 1.82) is 0 Å². The highest BCUT2D eigenvalue weighted by atomic mass is 32.2. The van der Waals surface area contributed by atoms with Gasteiger partial charge in [-0.05, 0) is 62.7 Å². The smallest absolute Gasteiger partial charge is 0.236 e. The fourth-order valence-corrected chi connectivity index (χ4v) is 4.67. The number of ether oxygens (including phenoxy) is 1. The number of nitrogens with one attached hydrogen (secondary N) is 1. The maximum Gasteiger partial charge on any atom is 0.236 e. The summed E-state index contributed by atoms with van der Waals surface area (Å²) < 4.78 is 33.5. The Hall–Kier alpha value is -2.12. The zero-order valence-electron chi connectivity index (χ0n) is 15.4. The monoisotopic (exact) mass is 375 g/mol. The standard InChI is InChI=1S/C19H25N3O3S/c1-22(2)15-6-7-16-17(11-15)19(25-3)9-8-18(16)21-26(23,24)13-14-5-4-10-20-12-14/h4-5,8-10,12,15,21H,6-7,11,13H2,1-3H3/t15-/m0/s1. The molecule has 1 heterocycles. The number of aromatic nitrogens is 1. The van der Waals surface area contributed by atoms with Crippen LogP contribution in [-0.2, 0) is 28.6 Å². The van der Waals surface area contributed by atoms with Crippen LogP contribution in [-0.4, -0.2) is 45.5 Å². The van der Waals surface area contributed by atoms with Crippen LogP contribution in [0.1, 0.15) is 23.1 Å². The number of hydrogen-bond donors (Lipinski definition) is 1. The highest BCUT2D eigenvalue weighted by Gasteiger charge is 2.26. The maximum absolute atomic E-state index is 12.6. The van der Waals surface area contributed by atoms with Crippen LogP contribution in [0.25, 0.3) is 0 Å². The quantitative estimate of drug-likeness (QED) is 0.840. The van der Waals surface area contributed by atoms with Crippen molar-refractivity contribution in [3.63, 3.8) is 0 Å². The lowest BCUT2D eigenvalue weighted by atomic mass is 9.86. The van der Waals surface area contributed by atoms with E-state index in [1.54, 1.807) is 37.7 Å². The van der Waals surface area contributed by atoms with Gasteiger partial charge in [-0.2, -0.15) is 0 Å². The first-order valence-corrected chi connectivity index (χ1v) is 10.3. The number of rotatable bonds is 6. The van der Waals surface area contributed by atoms with E-state index >= 15 is 0 Å². The van der Waals surface area contributed by atoms with Gasteiger partial charge in [-0.25, -0.2) is 8.42 Å². The summed E-state index contributed by atoms with van der Waals surface area (Å²) >= 11 is 0. The van der Waals surface area contributed by atoms with Gasteiger partial charge in [0.1, 0.15) is 5.75 Å². The van der Waals surface area contributed by atoms with Crippen LogP contribution in [0.4, 0.5) is 5.69 Å². The first-order chi connectivity index (χ1) is 12.4. The van der Waals surface area contributed by atoms with Gasteiger partial charge in [0.15, 0.2) is 0 Å². The molecule has 1 N–H and O–H groups in total. The summed E-state index contributed by atoms with van der Waals surface area (Å²) in [6, 6.07) is 7.57. The molecule has 0 saturated carbocycles. The molecule has 0 fully saturated rings. The number of benzene rings is 1. The number of pyridine rings is 1. The zero-order chi connectivity index (χ0) is 18.7. The third kappa shape index (κ3) is 4.16. The van der Waals surface area contributed by atoms with E-state index in [1.807, 2.05) is 6.07 Å². The molecule has 2 aromatic rings. The second-order valence-corrected chi connectivity index (χ2v) is 8.58. The third-order valence-corrected chi connectivity index (χ3v) is 6.09. The van der Waals surface area contributed by atoms with Crippen molar-refractivity contribution in [3.8, 4) is 5.75 Å². The molecule has 7 heteroatoms. The van der Waals surface area contributed by atoms with E-state index in [0.717, 1.165) is 36.1 Å². The zero-order valence-corrected chi connectivity index (χ0v) is 16.2. The van der Waals surface area contributed by atoms with Gasteiger partial charge in [-0.1, -0.05) is 6.07 Å². The second-order valence-electron chi connectivity index (χ2n) is 6.86. The topological polar surface area (TPSA) is 71.5 Å². The molecular formula is C19H25N3O3S. The summed E-state index contributed by atoms with van der Waals surface area (Å²) in [4.78, 5) is 6.19. The molecule has 0 unspecified atom stereocenters. The van der Waals surface area contributed by atoms with Gasteiger partial charge >= 0.3 is 0 Å². The van der Waals surface area contributed by atoms with E-state index in [0.29, 0.717) is 17.3 Å². The van der Waals surface area contributed by atoms with E-state index in [9.17, 15) is 8.42 Å². The Balaban J connectivity index is 1.88. The maximum atomic E-state index is 12.6. The normalized spacial score (nSPS) is 17.0. The number of methoxy groups -OCH3 is 1. The van der Waals surface area contributed by atoms with Crippen molar-refractivity contribution in [1.82, 2.24) is 9.88 Å². The SMILES string of the molecule is COc1ccc(NS(=O)(=O)Cc2cccnc2)c2c1C[C@@H](N(C)C)CC2. The lowest BCUT2D eigenvalue weighted by Crippen LogP contribution is -2.34. The van der Waals surface area contributed by atoms with Crippen molar-refractivity contribution in [2.45, 2.75) is 31.1 Å². The minimum Gasteiger partial charge on any atom is -0.496 e. The number of likely N-dealkylation sites (N-methyl/N-ethyl adjacent to an activating group) is 1. The van der Waals surface area contributed by atoms with Crippen LogP contribution in [0.5, 0.6) is 5.75 Å². The third-order valence-electron chi connectivity index (χ3n) is 4.85. The summed E-state index contributed by atoms with van der Waals surface area (Å²) in [7, 11) is 2.29. The highest BCUT2D eigenvalue weighted by Crippen LogP contribution is 2.36. The van der Waals surface area contributed by atoms with Crippen LogP contribution in [0.15, 0.2) is 36.7 Å². The lowest BCUT2D eigenvalue weighted by molar-refractivity contribution is 0.265. The Bertz CT molecular complexity index is 867. The summed E-state index contributed by atoms with van der Waals surface area (Å²) in [6.07, 6.45) is 5.86. The summed E-state index contributed by atoms with van der Waals surface area (Å²) in [5.74, 6) is 0.726. The Morgan fingerprint density at radius 1 is 1.27 bits per heavy atom. The fourth-order valence-electron chi connectivity index (χ4n) is 3.46. The first kappa shape index (κ1) is 18.7. The van der Waals surface area contributed by atoms with Crippen LogP contribution in [0, 0.1) is 0 Å². The molecular weight excluding hydrogens is 350 g/mol. The summed E-state index contributed by atoms with van der Waals surface area (Å²) in [6.45, 7) is 0. The van der Waals surface area contributed by atoms with Crippen molar-refractivity contribution >= 4 is 15.7 Å². The van der Waals surface area contributed by atoms with Crippen LogP contribution in [0.3, 0.4) is 0 Å². The van der Waals surface area contributed by atoms with Gasteiger partial charge in [0.25, 0.3) is 0 Å². The summed E-state index contributed by atoms with van der Waals surface area (Å²) in [5, 5.41) is 0. The number of hydrogen-bond acceptors (Lipinski definition) is 5. The Labute approximate surface area is 155 Å². The average Bonchev–Trinajstić information content (AvgIpc) is 2.61. The van der Waals surface area contributed by atoms with E-state index in [1.165, 1.54) is 0 Å². The molecule has 0 amide bonds. The molecule has 0 aliphatic heterocycles. The molecule has 0 bridgehead atoms. The van der Waals surface area contributed by atoms with E-state index in [4.69, 9.17) is 4.74 Å². The molecule has 1 atom stereocenters. The van der Waals surface area contributed by atoms with Gasteiger partial charge < -0.3 is 9.64 Å². The Morgan fingerprint density at radius 2 is 2.08 bits per heavy atom. The molecule has 140 valence electrons. The molecule has 1 aliphatic carbocycles. The minimum atomic E-state index is -3.51. The molecule has 0 radical (unpaired) electrons. The molecule has 6 nitrogen and oxygen atoms in total. The van der Waals surface area contributed by atoms with Gasteiger partial charge in [0.05, 0.1) is 18.6 Å². The largest absolute Gasteiger partial charge is 0.496 e. The van der Waals surface area contributed by atoms with Crippen molar-refractivity contribution in [2.75, 3.05) is 25.9 Å². The fraction of sp³-hybridized carbons (Fsp3) is 0.421. The van der Waals surface area contributed by atoms with Crippen LogP contribution >= 0.6 is 0 Å². The lowest BCUT2D eigenvalue weighted by Gasteiger charge is -2.32. The van der Waals surface area contributed by atoms with Gasteiger partial charge in [0, 0.05) is 24.0 Å². The minimum absolute atomic E-state index is 0.0953. The Kier molecular flexibility index (Phi) is 5.48. The van der Waals surface area contributed by atoms with Gasteiger partial charge in [-0.3, -0.25) is 9.71 Å². The van der Waals surface area contributed by atoms with E-state index in [-0.39, 0.29) is 5.75 Å². The van der Waals surface area contributed by atoms with Crippen molar-refractivity contribution in [3.05, 3.63) is 53.3 Å². The molecule has 26 heavy (non-hydrogen) atoms. The highest BCUT2D eigenvalue weighted by molar-refractivity contribution is 7.91. The first-order valence-electron chi connectivity index (χ1n) is 8.64. The van der Waals surface area contributed by atoms with Gasteiger partial charge in [0.2, 0.25) is 10.0 Å². The van der Waals surface area contributed by atoms with Crippen molar-refractivity contribution in [2.24, 2.45) is 0 Å². The number of nitrogens with zero attached hydrogens (tertiary/aromatic N) is 2. The van der Waals surface area contributed by atoms with Crippen molar-refractivity contribution < 1.29 is 13.2 Å². The molecule has 3 rings (SSSR count). The number of sulfonamides is 1. The van der Waals surface area contributed by atoms with E-state index in [2.05, 4.69) is 28.7 Å². The number of fused-ring (bicyclic) bond motifs is 1. The average molecular weight is 375 g/mol. The summed E-state index contributed by atoms with van der Waals surface area (Å²) in [5.41, 5.74) is 3.45. The van der Waals surface area contributed by atoms with Crippen LogP contribution < -0.4 is 9.46 Å². The predicted molar refractivity (Wildman–Crippen MR) is 103 cm³/mol. The molecule has 1 aromatic carbocycles. The molecule has 0 spiro atoms. The van der Waals surface area contributed by atoms with Crippen LogP contribution in [0.2, 0.25) is 0 Å². The Morgan fingerprint density at radius 3 is 2.73 bits per heavy atom. The molecule has 0 saturated heterocycles. The molecule has 1 aromatic heterocycles. The predicted octanol–water partition coefficient (Wildman–Crippen LogP) is 2.45.